The van der Waals surface area contributed by atoms with Crippen LogP contribution in [0.4, 0.5) is 0 Å². The van der Waals surface area contributed by atoms with Gasteiger partial charge in [0.05, 0.1) is 6.04 Å². The molecule has 2 bridgehead atoms. The van der Waals surface area contributed by atoms with Gasteiger partial charge in [-0.3, -0.25) is 4.99 Å². The van der Waals surface area contributed by atoms with Crippen LogP contribution in [0.2, 0.25) is 0 Å². The van der Waals surface area contributed by atoms with Crippen molar-refractivity contribution in [1.82, 2.24) is 0 Å². The maximum absolute atomic E-state index is 5.47. The van der Waals surface area contributed by atoms with E-state index in [1.165, 1.54) is 83.5 Å². The molecule has 0 saturated heterocycles. The highest BCUT2D eigenvalue weighted by molar-refractivity contribution is 5.88. The van der Waals surface area contributed by atoms with Crippen molar-refractivity contribution >= 4 is 5.71 Å². The Morgan fingerprint density at radius 1 is 0.905 bits per heavy atom. The fourth-order valence-corrected chi connectivity index (χ4v) is 6.68. The highest BCUT2D eigenvalue weighted by Crippen LogP contribution is 2.60. The van der Waals surface area contributed by atoms with E-state index in [9.17, 15) is 0 Å². The molecule has 0 amide bonds. The van der Waals surface area contributed by atoms with Gasteiger partial charge in [0.2, 0.25) is 0 Å². The molecule has 21 heavy (non-hydrogen) atoms. The third-order valence-electron chi connectivity index (χ3n) is 7.50. The van der Waals surface area contributed by atoms with E-state index in [-0.39, 0.29) is 0 Å². The number of fused-ring (bicyclic) bond motifs is 2. The summed E-state index contributed by atoms with van der Waals surface area (Å²) in [5, 5.41) is 0. The van der Waals surface area contributed by atoms with Crippen molar-refractivity contribution < 1.29 is 0 Å². The van der Waals surface area contributed by atoms with Crippen LogP contribution in [0, 0.1) is 17.3 Å². The van der Waals surface area contributed by atoms with Crippen molar-refractivity contribution in [2.45, 2.75) is 89.5 Å². The Bertz CT molecular complexity index is 514. The predicted octanol–water partition coefficient (Wildman–Crippen LogP) is 5.45. The zero-order valence-electron chi connectivity index (χ0n) is 13.4. The van der Waals surface area contributed by atoms with Crippen molar-refractivity contribution in [3.63, 3.8) is 0 Å². The molecule has 0 N–H and O–H groups in total. The third kappa shape index (κ3) is 1.85. The Hall–Kier alpha value is -0.590. The summed E-state index contributed by atoms with van der Waals surface area (Å²) in [5.41, 5.74) is 6.07. The van der Waals surface area contributed by atoms with Crippen LogP contribution in [0.3, 0.4) is 0 Å². The van der Waals surface area contributed by atoms with E-state index in [2.05, 4.69) is 0 Å². The molecule has 1 heterocycles. The molecule has 0 aromatic carbocycles. The summed E-state index contributed by atoms with van der Waals surface area (Å²) < 4.78 is 0. The molecule has 1 aliphatic heterocycles. The van der Waals surface area contributed by atoms with Crippen LogP contribution >= 0.6 is 0 Å². The Morgan fingerprint density at radius 3 is 2.81 bits per heavy atom. The van der Waals surface area contributed by atoms with Crippen molar-refractivity contribution in [2.24, 2.45) is 22.2 Å². The fraction of sp³-hybridized carbons (Fsp3) is 0.850. The van der Waals surface area contributed by atoms with Gasteiger partial charge in [-0.1, -0.05) is 24.0 Å². The molecule has 0 aromatic heterocycles. The van der Waals surface area contributed by atoms with E-state index in [1.54, 1.807) is 5.71 Å². The molecule has 4 unspecified atom stereocenters. The number of hydrogen-bond donors (Lipinski definition) is 0. The van der Waals surface area contributed by atoms with Crippen LogP contribution in [0.5, 0.6) is 0 Å². The first-order chi connectivity index (χ1) is 10.4. The highest BCUT2D eigenvalue weighted by atomic mass is 14.9. The largest absolute Gasteiger partial charge is 0.289 e. The van der Waals surface area contributed by atoms with Gasteiger partial charge >= 0.3 is 0 Å². The van der Waals surface area contributed by atoms with Gasteiger partial charge in [0.25, 0.3) is 0 Å². The fourth-order valence-electron chi connectivity index (χ4n) is 6.68. The molecule has 2 fully saturated rings. The van der Waals surface area contributed by atoms with Gasteiger partial charge in [-0.2, -0.15) is 0 Å². The third-order valence-corrected chi connectivity index (χ3v) is 7.50. The molecule has 0 aromatic rings. The molecule has 5 rings (SSSR count). The van der Waals surface area contributed by atoms with Gasteiger partial charge < -0.3 is 0 Å². The highest BCUT2D eigenvalue weighted by Gasteiger charge is 2.54. The minimum absolute atomic E-state index is 0.602. The smallest absolute Gasteiger partial charge is 0.0623 e. The molecule has 5 aliphatic rings. The van der Waals surface area contributed by atoms with Gasteiger partial charge in [-0.05, 0) is 82.0 Å². The predicted molar refractivity (Wildman–Crippen MR) is 87.7 cm³/mol. The van der Waals surface area contributed by atoms with Crippen LogP contribution < -0.4 is 0 Å². The maximum atomic E-state index is 5.47. The number of hydrogen-bond acceptors (Lipinski definition) is 1. The van der Waals surface area contributed by atoms with Gasteiger partial charge in [0, 0.05) is 11.6 Å². The number of allylic oxidation sites excluding steroid dienone is 1. The summed E-state index contributed by atoms with van der Waals surface area (Å²) in [6, 6.07) is 0.701. The van der Waals surface area contributed by atoms with E-state index in [4.69, 9.17) is 4.99 Å². The summed E-state index contributed by atoms with van der Waals surface area (Å²) >= 11 is 0. The quantitative estimate of drug-likeness (QED) is 0.524. The second-order valence-electron chi connectivity index (χ2n) is 8.59. The Labute approximate surface area is 129 Å². The number of nitrogens with zero attached hydrogens (tertiary/aromatic N) is 1. The first kappa shape index (κ1) is 12.9. The van der Waals surface area contributed by atoms with E-state index in [0.717, 1.165) is 11.8 Å². The second kappa shape index (κ2) is 4.70. The summed E-state index contributed by atoms with van der Waals surface area (Å²) in [6.07, 6.45) is 18.8. The molecule has 1 nitrogen and oxygen atoms in total. The van der Waals surface area contributed by atoms with Gasteiger partial charge in [-0.15, -0.1) is 0 Å². The minimum atomic E-state index is 0.602. The number of rotatable bonds is 0. The summed E-state index contributed by atoms with van der Waals surface area (Å²) in [6.45, 7) is 0. The van der Waals surface area contributed by atoms with E-state index < -0.39 is 0 Å². The van der Waals surface area contributed by atoms with Gasteiger partial charge in [-0.25, -0.2) is 0 Å². The first-order valence-corrected chi connectivity index (χ1v) is 9.63. The number of aliphatic imine (C=N–C) groups is 1. The van der Waals surface area contributed by atoms with Crippen LogP contribution in [-0.4, -0.2) is 11.8 Å². The lowest BCUT2D eigenvalue weighted by atomic mass is 9.51. The zero-order chi connectivity index (χ0) is 13.9. The van der Waals surface area contributed by atoms with Crippen molar-refractivity contribution in [3.05, 3.63) is 11.1 Å². The van der Waals surface area contributed by atoms with Crippen LogP contribution in [0.15, 0.2) is 16.1 Å². The average molecular weight is 283 g/mol. The molecule has 4 atom stereocenters. The SMILES string of the molecule is C1CCC2CC34CCCC(C5=C(CCCC5)C3)C4N=C2C1. The lowest BCUT2D eigenvalue weighted by Gasteiger charge is -2.56. The van der Waals surface area contributed by atoms with E-state index in [1.807, 2.05) is 11.1 Å². The van der Waals surface area contributed by atoms with Crippen molar-refractivity contribution in [3.8, 4) is 0 Å². The van der Waals surface area contributed by atoms with E-state index in [0.29, 0.717) is 11.5 Å². The van der Waals surface area contributed by atoms with Gasteiger partial charge in [0.15, 0.2) is 0 Å². The second-order valence-corrected chi connectivity index (χ2v) is 8.59. The van der Waals surface area contributed by atoms with Crippen LogP contribution in [0.1, 0.15) is 83.5 Å². The maximum Gasteiger partial charge on any atom is 0.0623 e. The lowest BCUT2D eigenvalue weighted by Crippen LogP contribution is -2.52. The summed E-state index contributed by atoms with van der Waals surface area (Å²) in [7, 11) is 0. The normalized spacial score (nSPS) is 45.3. The van der Waals surface area contributed by atoms with Crippen molar-refractivity contribution in [2.75, 3.05) is 0 Å². The Morgan fingerprint density at radius 2 is 1.81 bits per heavy atom. The Kier molecular flexibility index (Phi) is 2.89. The molecule has 0 spiro atoms. The van der Waals surface area contributed by atoms with Crippen LogP contribution in [-0.2, 0) is 0 Å². The molecule has 0 radical (unpaired) electrons. The van der Waals surface area contributed by atoms with Gasteiger partial charge in [0.1, 0.15) is 0 Å². The van der Waals surface area contributed by atoms with Crippen molar-refractivity contribution in [1.29, 1.82) is 0 Å². The first-order valence-electron chi connectivity index (χ1n) is 9.63. The standard InChI is InChI=1S/C20H29N/c1-3-8-16-14(6-1)12-20-11-5-9-17(16)19(20)21-18-10-4-2-7-15(18)13-20/h15,17,19H,1-13H2. The summed E-state index contributed by atoms with van der Waals surface area (Å²) in [5.74, 6) is 1.73. The molecular formula is C20H29N. The van der Waals surface area contributed by atoms with Crippen LogP contribution in [0.25, 0.3) is 0 Å². The molecular weight excluding hydrogens is 254 g/mol. The topological polar surface area (TPSA) is 12.4 Å². The van der Waals surface area contributed by atoms with E-state index >= 15 is 0 Å². The lowest BCUT2D eigenvalue weighted by molar-refractivity contribution is 0.0608. The summed E-state index contributed by atoms with van der Waals surface area (Å²) in [4.78, 5) is 5.47. The monoisotopic (exact) mass is 283 g/mol. The Balaban J connectivity index is 1.59. The molecule has 1 heteroatoms. The zero-order valence-corrected chi connectivity index (χ0v) is 13.4. The molecule has 114 valence electrons. The molecule has 4 aliphatic carbocycles. The average Bonchev–Trinajstić information content (AvgIpc) is 2.52. The molecule has 2 saturated carbocycles. The minimum Gasteiger partial charge on any atom is -0.289 e.